The third-order valence-corrected chi connectivity index (χ3v) is 5.16. The maximum Gasteiger partial charge on any atom is 2.00 e. The second-order valence-electron chi connectivity index (χ2n) is 9.28. The molecule has 0 spiro atoms. The van der Waals surface area contributed by atoms with E-state index in [4.69, 9.17) is 0 Å². The molecule has 0 fully saturated rings. The SMILES string of the molecule is CC1=NN(c2ccccc2)C(=O)/C1=C(/C)[O-].CC1=NN(c2ccccc2)C(=O)/C1=C(/C)[O-].CN(C)C=O.CN(C)C=O.[Ni+2]. The van der Waals surface area contributed by atoms with Crippen LogP contribution >= 0.6 is 0 Å². The normalized spacial score (nSPS) is 15.5. The number of allylic oxidation sites excluding steroid dienone is 2. The van der Waals surface area contributed by atoms with Gasteiger partial charge in [0, 0.05) is 28.2 Å². The first-order chi connectivity index (χ1) is 19.8. The minimum Gasteiger partial charge on any atom is -0.875 e. The van der Waals surface area contributed by atoms with Crippen molar-refractivity contribution in [1.82, 2.24) is 9.80 Å². The van der Waals surface area contributed by atoms with E-state index in [1.54, 1.807) is 66.3 Å². The summed E-state index contributed by atoms with van der Waals surface area (Å²) in [5, 5.41) is 33.2. The van der Waals surface area contributed by atoms with Gasteiger partial charge in [-0.25, -0.2) is 0 Å². The zero-order valence-corrected chi connectivity index (χ0v) is 26.4. The minimum atomic E-state index is -0.351. The van der Waals surface area contributed by atoms with Gasteiger partial charge in [-0.15, -0.1) is 11.5 Å². The summed E-state index contributed by atoms with van der Waals surface area (Å²) < 4.78 is 0. The van der Waals surface area contributed by atoms with E-state index >= 15 is 0 Å². The average Bonchev–Trinajstić information content (AvgIpc) is 3.44. The number of anilines is 2. The molecule has 0 radical (unpaired) electrons. The topological polar surface area (TPSA) is 152 Å². The Morgan fingerprint density at radius 3 is 1.09 bits per heavy atom. The molecule has 43 heavy (non-hydrogen) atoms. The second kappa shape index (κ2) is 18.6. The Bertz CT molecular complexity index is 1260. The molecule has 2 aromatic carbocycles. The summed E-state index contributed by atoms with van der Waals surface area (Å²) in [5.41, 5.74) is 2.63. The first kappa shape index (κ1) is 38.2. The van der Waals surface area contributed by atoms with Crippen LogP contribution in [0.3, 0.4) is 0 Å². The Balaban J connectivity index is 0.000000617. The molecular weight excluding hydrogens is 599 g/mol. The summed E-state index contributed by atoms with van der Waals surface area (Å²) in [6.07, 6.45) is 1.50. The van der Waals surface area contributed by atoms with Crippen LogP contribution in [0.1, 0.15) is 27.7 Å². The summed E-state index contributed by atoms with van der Waals surface area (Å²) >= 11 is 0. The van der Waals surface area contributed by atoms with E-state index in [0.29, 0.717) is 22.8 Å². The zero-order valence-electron chi connectivity index (χ0n) is 25.4. The summed E-state index contributed by atoms with van der Waals surface area (Å²) in [6, 6.07) is 18.1. The van der Waals surface area contributed by atoms with E-state index in [-0.39, 0.29) is 51.0 Å². The van der Waals surface area contributed by atoms with Crippen LogP contribution in [0.5, 0.6) is 0 Å². The molecule has 0 saturated carbocycles. The molecule has 2 aromatic rings. The predicted molar refractivity (Wildman–Crippen MR) is 159 cm³/mol. The number of para-hydroxylation sites is 2. The van der Waals surface area contributed by atoms with E-state index < -0.39 is 0 Å². The summed E-state index contributed by atoms with van der Waals surface area (Å²) in [7, 11) is 6.75. The van der Waals surface area contributed by atoms with Gasteiger partial charge in [0.05, 0.1) is 33.9 Å². The van der Waals surface area contributed by atoms with E-state index in [1.807, 2.05) is 36.4 Å². The van der Waals surface area contributed by atoms with Gasteiger partial charge in [-0.1, -0.05) is 50.2 Å². The average molecular weight is 635 g/mol. The fraction of sp³-hybridized carbons (Fsp3) is 0.267. The van der Waals surface area contributed by atoms with Crippen LogP contribution in [-0.4, -0.2) is 74.0 Å². The predicted octanol–water partition coefficient (Wildman–Crippen LogP) is 1.49. The van der Waals surface area contributed by atoms with Crippen molar-refractivity contribution in [1.29, 1.82) is 0 Å². The number of hydrazone groups is 2. The third-order valence-electron chi connectivity index (χ3n) is 5.16. The summed E-state index contributed by atoms with van der Waals surface area (Å²) in [5.74, 6) is -1.19. The molecule has 0 unspecified atom stereocenters. The van der Waals surface area contributed by atoms with E-state index in [1.165, 1.54) is 33.7 Å². The Morgan fingerprint density at radius 1 is 0.651 bits per heavy atom. The maximum absolute atomic E-state index is 11.9. The first-order valence-corrected chi connectivity index (χ1v) is 12.7. The van der Waals surface area contributed by atoms with Crippen LogP contribution in [0, 0.1) is 0 Å². The van der Waals surface area contributed by atoms with Crippen LogP contribution in [0.2, 0.25) is 0 Å². The van der Waals surface area contributed by atoms with Crippen molar-refractivity contribution < 1.29 is 45.9 Å². The van der Waals surface area contributed by atoms with Crippen LogP contribution < -0.4 is 20.2 Å². The molecule has 0 N–H and O–H groups in total. The fourth-order valence-electron chi connectivity index (χ4n) is 3.31. The molecule has 2 aliphatic heterocycles. The number of carbonyl (C=O) groups excluding carboxylic acids is 4. The maximum atomic E-state index is 11.9. The smallest absolute Gasteiger partial charge is 0.875 e. The molecule has 4 amide bonds. The Morgan fingerprint density at radius 2 is 0.907 bits per heavy atom. The molecular formula is C30H36N6NiO6. The molecule has 0 saturated heterocycles. The molecule has 0 atom stereocenters. The molecule has 12 nitrogen and oxygen atoms in total. The Labute approximate surface area is 262 Å². The molecule has 13 heteroatoms. The summed E-state index contributed by atoms with van der Waals surface area (Å²) in [4.78, 5) is 45.6. The molecule has 2 aliphatic rings. The number of hydrogen-bond acceptors (Lipinski definition) is 8. The molecule has 2 heterocycles. The number of nitrogens with zero attached hydrogens (tertiary/aromatic N) is 6. The number of rotatable bonds is 4. The minimum absolute atomic E-state index is 0. The van der Waals surface area contributed by atoms with Crippen molar-refractivity contribution in [3.05, 3.63) is 83.3 Å². The van der Waals surface area contributed by atoms with Crippen LogP contribution in [0.15, 0.2) is 93.5 Å². The molecule has 4 rings (SSSR count). The van der Waals surface area contributed by atoms with Crippen molar-refractivity contribution in [3.8, 4) is 0 Å². The van der Waals surface area contributed by atoms with Gasteiger partial charge in [0.25, 0.3) is 11.8 Å². The van der Waals surface area contributed by atoms with Crippen molar-refractivity contribution >= 4 is 47.4 Å². The van der Waals surface area contributed by atoms with Gasteiger partial charge in [0.15, 0.2) is 0 Å². The fourth-order valence-corrected chi connectivity index (χ4v) is 3.31. The van der Waals surface area contributed by atoms with Gasteiger partial charge in [-0.2, -0.15) is 20.2 Å². The molecule has 232 valence electrons. The number of hydrogen-bond donors (Lipinski definition) is 0. The van der Waals surface area contributed by atoms with Gasteiger partial charge in [0.2, 0.25) is 12.8 Å². The van der Waals surface area contributed by atoms with Gasteiger partial charge in [-0.3, -0.25) is 19.2 Å². The quantitative estimate of drug-likeness (QED) is 0.215. The first-order valence-electron chi connectivity index (χ1n) is 12.7. The van der Waals surface area contributed by atoms with Crippen molar-refractivity contribution in [2.45, 2.75) is 27.7 Å². The van der Waals surface area contributed by atoms with Crippen LogP contribution in [-0.2, 0) is 35.7 Å². The summed E-state index contributed by atoms with van der Waals surface area (Å²) in [6.45, 7) is 6.08. The Hall–Kier alpha value is -4.77. The largest absolute Gasteiger partial charge is 2.00 e. The number of amides is 4. The van der Waals surface area contributed by atoms with Gasteiger partial charge in [-0.05, 0) is 38.1 Å². The van der Waals surface area contributed by atoms with Crippen LogP contribution in [0.4, 0.5) is 11.4 Å². The third kappa shape index (κ3) is 11.6. The second-order valence-corrected chi connectivity index (χ2v) is 9.28. The van der Waals surface area contributed by atoms with Crippen molar-refractivity contribution in [2.75, 3.05) is 38.2 Å². The van der Waals surface area contributed by atoms with Crippen molar-refractivity contribution in [3.63, 3.8) is 0 Å². The Kier molecular flexibility index (Phi) is 16.6. The molecule has 0 aromatic heterocycles. The number of carbonyl (C=O) groups is 4. The van der Waals surface area contributed by atoms with E-state index in [9.17, 15) is 29.4 Å². The van der Waals surface area contributed by atoms with Crippen molar-refractivity contribution in [2.24, 2.45) is 10.2 Å². The van der Waals surface area contributed by atoms with E-state index in [2.05, 4.69) is 10.2 Å². The zero-order chi connectivity index (χ0) is 32.0. The van der Waals surface area contributed by atoms with Gasteiger partial charge in [0.1, 0.15) is 0 Å². The van der Waals surface area contributed by atoms with Crippen LogP contribution in [0.25, 0.3) is 0 Å². The molecule has 0 aliphatic carbocycles. The van der Waals surface area contributed by atoms with Gasteiger partial charge < -0.3 is 20.0 Å². The number of benzene rings is 2. The standard InChI is InChI=1S/2C12H12N2O2.2C3H7NO.Ni/c2*1-8-11(9(2)15)12(16)14(13-8)10-6-4-3-5-7-10;2*1-4(2)3-5;/h2*3-7,15H,1-2H3;2*3H,1-2H3;/q;;;;+2/p-2/b2*11-9-;;;. The van der Waals surface area contributed by atoms with E-state index in [0.717, 1.165) is 12.8 Å². The monoisotopic (exact) mass is 634 g/mol. The molecule has 0 bridgehead atoms. The van der Waals surface area contributed by atoms with Gasteiger partial charge >= 0.3 is 16.5 Å².